The van der Waals surface area contributed by atoms with Crippen LogP contribution in [0.5, 0.6) is 0 Å². The van der Waals surface area contributed by atoms with Crippen LogP contribution in [0.1, 0.15) is 12.0 Å². The third-order valence-electron chi connectivity index (χ3n) is 4.92. The van der Waals surface area contributed by atoms with Crippen molar-refractivity contribution in [3.05, 3.63) is 60.2 Å². The number of thioether (sulfide) groups is 1. The highest BCUT2D eigenvalue weighted by atomic mass is 32.2. The lowest BCUT2D eigenvalue weighted by atomic mass is 10.2. The quantitative estimate of drug-likeness (QED) is 0.443. The van der Waals surface area contributed by atoms with E-state index in [2.05, 4.69) is 0 Å². The van der Waals surface area contributed by atoms with Crippen molar-refractivity contribution < 1.29 is 22.7 Å². The number of sulfonamides is 1. The van der Waals surface area contributed by atoms with Crippen molar-refractivity contribution in [3.63, 3.8) is 0 Å². The van der Waals surface area contributed by atoms with Crippen molar-refractivity contribution >= 4 is 33.7 Å². The Labute approximate surface area is 187 Å². The predicted molar refractivity (Wildman–Crippen MR) is 119 cm³/mol. The highest BCUT2D eigenvalue weighted by Gasteiger charge is 2.30. The van der Waals surface area contributed by atoms with Gasteiger partial charge in [-0.15, -0.1) is 11.8 Å². The molecule has 0 spiro atoms. The van der Waals surface area contributed by atoms with Gasteiger partial charge in [-0.3, -0.25) is 9.59 Å². The average molecular weight is 463 g/mol. The molecule has 0 unspecified atom stereocenters. The number of carbonyl (C=O) groups is 2. The Bertz CT molecular complexity index is 986. The van der Waals surface area contributed by atoms with Gasteiger partial charge in [0.05, 0.1) is 11.3 Å². The fraction of sp³-hybridized carbons (Fsp3) is 0.364. The first kappa shape index (κ1) is 23.3. The van der Waals surface area contributed by atoms with Crippen molar-refractivity contribution in [2.75, 3.05) is 38.5 Å². The minimum atomic E-state index is -3.58. The molecule has 1 fully saturated rings. The van der Waals surface area contributed by atoms with E-state index in [9.17, 15) is 18.0 Å². The normalized spacial score (nSPS) is 14.9. The molecule has 1 aliphatic heterocycles. The maximum atomic E-state index is 12.7. The van der Waals surface area contributed by atoms with E-state index < -0.39 is 16.0 Å². The fourth-order valence-corrected chi connectivity index (χ4v) is 5.39. The van der Waals surface area contributed by atoms with Crippen LogP contribution in [0, 0.1) is 6.92 Å². The molecule has 0 radical (unpaired) electrons. The Balaban J connectivity index is 1.39. The zero-order chi connectivity index (χ0) is 22.3. The van der Waals surface area contributed by atoms with Gasteiger partial charge in [-0.1, -0.05) is 35.9 Å². The first-order valence-electron chi connectivity index (χ1n) is 10.0. The summed E-state index contributed by atoms with van der Waals surface area (Å²) >= 11 is 1.55. The van der Waals surface area contributed by atoms with Gasteiger partial charge in [0, 0.05) is 36.8 Å². The summed E-state index contributed by atoms with van der Waals surface area (Å²) < 4.78 is 32.0. The summed E-state index contributed by atoms with van der Waals surface area (Å²) in [7, 11) is -3.58. The number of nitrogens with zero attached hydrogens (tertiary/aromatic N) is 2. The molecule has 9 heteroatoms. The molecule has 1 saturated heterocycles. The molecule has 0 aromatic heterocycles. The first-order valence-corrected chi connectivity index (χ1v) is 12.5. The van der Waals surface area contributed by atoms with Crippen LogP contribution in [0.4, 0.5) is 0 Å². The van der Waals surface area contributed by atoms with E-state index in [-0.39, 0.29) is 50.0 Å². The molecule has 0 N–H and O–H groups in total. The highest BCUT2D eigenvalue weighted by Crippen LogP contribution is 2.19. The van der Waals surface area contributed by atoms with E-state index in [0.717, 1.165) is 10.5 Å². The van der Waals surface area contributed by atoms with E-state index in [1.165, 1.54) is 9.21 Å². The Kier molecular flexibility index (Phi) is 8.11. The first-order chi connectivity index (χ1) is 14.9. The summed E-state index contributed by atoms with van der Waals surface area (Å²) in [6.45, 7) is 2.54. The van der Waals surface area contributed by atoms with Crippen LogP contribution in [0.2, 0.25) is 0 Å². The Morgan fingerprint density at radius 2 is 1.61 bits per heavy atom. The predicted octanol–water partition coefficient (Wildman–Crippen LogP) is 2.55. The van der Waals surface area contributed by atoms with Gasteiger partial charge >= 0.3 is 5.97 Å². The number of carbonyl (C=O) groups excluding carboxylic acids is 2. The number of ether oxygens (including phenoxy) is 1. The monoisotopic (exact) mass is 462 g/mol. The Morgan fingerprint density at radius 1 is 0.968 bits per heavy atom. The number of hydrogen-bond acceptors (Lipinski definition) is 6. The third-order valence-corrected chi connectivity index (χ3v) is 7.85. The smallest absolute Gasteiger partial charge is 0.307 e. The second-order valence-electron chi connectivity index (χ2n) is 7.17. The SMILES string of the molecule is Cc1ccc(S(=O)(=O)N2CCN(C(=O)COC(=O)CCSc3ccccc3)CC2)cc1. The van der Waals surface area contributed by atoms with Crippen molar-refractivity contribution in [3.8, 4) is 0 Å². The molecule has 0 atom stereocenters. The lowest BCUT2D eigenvalue weighted by molar-refractivity contribution is -0.152. The van der Waals surface area contributed by atoms with Gasteiger partial charge in [0.2, 0.25) is 10.0 Å². The lowest BCUT2D eigenvalue weighted by Crippen LogP contribution is -2.51. The average Bonchev–Trinajstić information content (AvgIpc) is 2.78. The van der Waals surface area contributed by atoms with Crippen molar-refractivity contribution in [2.24, 2.45) is 0 Å². The Morgan fingerprint density at radius 3 is 2.26 bits per heavy atom. The molecule has 2 aromatic carbocycles. The summed E-state index contributed by atoms with van der Waals surface area (Å²) in [6.07, 6.45) is 0.218. The largest absolute Gasteiger partial charge is 0.456 e. The number of esters is 1. The Hall–Kier alpha value is -2.36. The number of piperazine rings is 1. The molecule has 2 aromatic rings. The van der Waals surface area contributed by atoms with E-state index >= 15 is 0 Å². The molecule has 0 bridgehead atoms. The van der Waals surface area contributed by atoms with Gasteiger partial charge in [0.15, 0.2) is 6.61 Å². The van der Waals surface area contributed by atoms with Gasteiger partial charge in [0.25, 0.3) is 5.91 Å². The molecule has 3 rings (SSSR count). The van der Waals surface area contributed by atoms with Crippen molar-refractivity contribution in [1.82, 2.24) is 9.21 Å². The highest BCUT2D eigenvalue weighted by molar-refractivity contribution is 7.99. The topological polar surface area (TPSA) is 84.0 Å². The van der Waals surface area contributed by atoms with Crippen LogP contribution >= 0.6 is 11.8 Å². The van der Waals surface area contributed by atoms with Crippen molar-refractivity contribution in [2.45, 2.75) is 23.1 Å². The lowest BCUT2D eigenvalue weighted by Gasteiger charge is -2.33. The summed E-state index contributed by atoms with van der Waals surface area (Å²) in [6, 6.07) is 16.5. The summed E-state index contributed by atoms with van der Waals surface area (Å²) in [5, 5.41) is 0. The summed E-state index contributed by atoms with van der Waals surface area (Å²) in [5.41, 5.74) is 0.988. The molecule has 166 valence electrons. The van der Waals surface area contributed by atoms with Gasteiger partial charge in [-0.05, 0) is 31.2 Å². The maximum Gasteiger partial charge on any atom is 0.307 e. The number of aryl methyl sites for hydroxylation is 1. The number of hydrogen-bond donors (Lipinski definition) is 0. The number of rotatable bonds is 8. The van der Waals surface area contributed by atoms with Gasteiger partial charge in [0.1, 0.15) is 0 Å². The zero-order valence-electron chi connectivity index (χ0n) is 17.4. The van der Waals surface area contributed by atoms with Crippen LogP contribution in [0.15, 0.2) is 64.4 Å². The molecule has 0 saturated carbocycles. The van der Waals surface area contributed by atoms with Gasteiger partial charge in [-0.2, -0.15) is 4.31 Å². The van der Waals surface area contributed by atoms with Crippen LogP contribution in [0.3, 0.4) is 0 Å². The molecule has 1 heterocycles. The fourth-order valence-electron chi connectivity index (χ4n) is 3.11. The van der Waals surface area contributed by atoms with Crippen LogP contribution < -0.4 is 0 Å². The van der Waals surface area contributed by atoms with E-state index in [0.29, 0.717) is 5.75 Å². The minimum absolute atomic E-state index is 0.212. The number of amides is 1. The molecule has 31 heavy (non-hydrogen) atoms. The van der Waals surface area contributed by atoms with E-state index in [1.807, 2.05) is 37.3 Å². The molecular weight excluding hydrogens is 436 g/mol. The molecule has 1 amide bonds. The molecule has 1 aliphatic rings. The van der Waals surface area contributed by atoms with Crippen LogP contribution in [-0.2, 0) is 24.3 Å². The maximum absolute atomic E-state index is 12.7. The van der Waals surface area contributed by atoms with Gasteiger partial charge in [-0.25, -0.2) is 8.42 Å². The summed E-state index contributed by atoms with van der Waals surface area (Å²) in [4.78, 5) is 27.1. The standard InChI is InChI=1S/C22H26N2O5S2/c1-18-7-9-20(10-8-18)31(27,28)24-14-12-23(13-15-24)21(25)17-29-22(26)11-16-30-19-5-3-2-4-6-19/h2-10H,11-17H2,1H3. The van der Waals surface area contributed by atoms with E-state index in [1.54, 1.807) is 36.0 Å². The summed E-state index contributed by atoms with van der Waals surface area (Å²) in [5.74, 6) is -0.152. The zero-order valence-corrected chi connectivity index (χ0v) is 19.0. The van der Waals surface area contributed by atoms with Crippen LogP contribution in [0.25, 0.3) is 0 Å². The molecule has 7 nitrogen and oxygen atoms in total. The van der Waals surface area contributed by atoms with Crippen molar-refractivity contribution in [1.29, 1.82) is 0 Å². The van der Waals surface area contributed by atoms with E-state index in [4.69, 9.17) is 4.74 Å². The van der Waals surface area contributed by atoms with Gasteiger partial charge < -0.3 is 9.64 Å². The minimum Gasteiger partial charge on any atom is -0.456 e. The number of benzene rings is 2. The molecular formula is C22H26N2O5S2. The van der Waals surface area contributed by atoms with Crippen LogP contribution in [-0.4, -0.2) is 68.0 Å². The molecule has 0 aliphatic carbocycles. The second-order valence-corrected chi connectivity index (χ2v) is 10.3. The third kappa shape index (κ3) is 6.56. The second kappa shape index (κ2) is 10.8.